The Morgan fingerprint density at radius 3 is 2.38 bits per heavy atom. The molecule has 0 saturated heterocycles. The van der Waals surface area contributed by atoms with Crippen molar-refractivity contribution in [2.45, 2.75) is 66.3 Å². The van der Waals surface area contributed by atoms with Crippen LogP contribution >= 0.6 is 0 Å². The quantitative estimate of drug-likeness (QED) is 0.655. The first-order chi connectivity index (χ1) is 7.58. The molecule has 0 aliphatic heterocycles. The predicted molar refractivity (Wildman–Crippen MR) is 72.4 cm³/mol. The normalized spacial score (nSPS) is 20.4. The van der Waals surface area contributed by atoms with E-state index >= 15 is 0 Å². The molecule has 1 aliphatic rings. The lowest BCUT2D eigenvalue weighted by atomic mass is 10.0. The molecule has 1 aliphatic carbocycles. The van der Waals surface area contributed by atoms with Crippen LogP contribution in [0.1, 0.15) is 60.3 Å². The largest absolute Gasteiger partial charge is 0.385 e. The average molecular weight is 221 g/mol. The Morgan fingerprint density at radius 2 is 1.94 bits per heavy atom. The Kier molecular flexibility index (Phi) is 5.11. The SMILES string of the molecule is CC/C(C)=C(C)/C=C(/NC1CC1)[C@H](C)CC. The van der Waals surface area contributed by atoms with Crippen molar-refractivity contribution >= 4 is 0 Å². The summed E-state index contributed by atoms with van der Waals surface area (Å²) in [6.45, 7) is 11.3. The second-order valence-corrected chi connectivity index (χ2v) is 5.14. The van der Waals surface area contributed by atoms with E-state index in [-0.39, 0.29) is 0 Å². The van der Waals surface area contributed by atoms with Gasteiger partial charge >= 0.3 is 0 Å². The number of nitrogens with one attached hydrogen (secondary N) is 1. The van der Waals surface area contributed by atoms with E-state index in [1.807, 2.05) is 0 Å². The van der Waals surface area contributed by atoms with Gasteiger partial charge in [-0.15, -0.1) is 0 Å². The van der Waals surface area contributed by atoms with Crippen LogP contribution in [-0.2, 0) is 0 Å². The number of hydrogen-bond acceptors (Lipinski definition) is 1. The maximum atomic E-state index is 3.68. The van der Waals surface area contributed by atoms with E-state index in [0.29, 0.717) is 5.92 Å². The maximum Gasteiger partial charge on any atom is 0.0259 e. The third kappa shape index (κ3) is 4.03. The summed E-state index contributed by atoms with van der Waals surface area (Å²) < 4.78 is 0. The topological polar surface area (TPSA) is 12.0 Å². The van der Waals surface area contributed by atoms with Crippen LogP contribution in [0.4, 0.5) is 0 Å². The zero-order valence-corrected chi connectivity index (χ0v) is 11.6. The summed E-state index contributed by atoms with van der Waals surface area (Å²) in [5.41, 5.74) is 4.37. The van der Waals surface area contributed by atoms with Gasteiger partial charge in [-0.1, -0.05) is 31.9 Å². The molecular weight excluding hydrogens is 194 g/mol. The van der Waals surface area contributed by atoms with E-state index in [4.69, 9.17) is 0 Å². The van der Waals surface area contributed by atoms with Crippen LogP contribution in [0.2, 0.25) is 0 Å². The Bertz CT molecular complexity index is 282. The van der Waals surface area contributed by atoms with Gasteiger partial charge in [-0.2, -0.15) is 0 Å². The van der Waals surface area contributed by atoms with Crippen molar-refractivity contribution in [3.8, 4) is 0 Å². The first kappa shape index (κ1) is 13.3. The standard InChI is InChI=1S/C15H27N/c1-6-11(3)13(5)10-15(12(4)7-2)16-14-8-9-14/h10,12,14,16H,6-9H2,1-5H3/b13-11+,15-10+/t12-/m1/s1. The Morgan fingerprint density at radius 1 is 1.31 bits per heavy atom. The molecule has 0 unspecified atom stereocenters. The van der Waals surface area contributed by atoms with Crippen molar-refractivity contribution in [2.24, 2.45) is 5.92 Å². The van der Waals surface area contributed by atoms with Crippen molar-refractivity contribution in [3.05, 3.63) is 22.9 Å². The van der Waals surface area contributed by atoms with E-state index in [0.717, 1.165) is 12.5 Å². The minimum atomic E-state index is 0.653. The summed E-state index contributed by atoms with van der Waals surface area (Å²) in [6.07, 6.45) is 7.43. The van der Waals surface area contributed by atoms with Crippen LogP contribution in [0.5, 0.6) is 0 Å². The molecule has 16 heavy (non-hydrogen) atoms. The highest BCUT2D eigenvalue weighted by atomic mass is 15.0. The molecule has 0 amide bonds. The summed E-state index contributed by atoms with van der Waals surface area (Å²) in [4.78, 5) is 0. The Hall–Kier alpha value is -0.720. The highest BCUT2D eigenvalue weighted by Gasteiger charge is 2.23. The molecule has 0 spiro atoms. The molecule has 1 atom stereocenters. The van der Waals surface area contributed by atoms with Crippen LogP contribution in [0.3, 0.4) is 0 Å². The van der Waals surface area contributed by atoms with Gasteiger partial charge < -0.3 is 5.32 Å². The lowest BCUT2D eigenvalue weighted by Gasteiger charge is -2.17. The van der Waals surface area contributed by atoms with Crippen LogP contribution < -0.4 is 5.32 Å². The van der Waals surface area contributed by atoms with E-state index in [1.165, 1.54) is 36.1 Å². The molecule has 0 aromatic heterocycles. The lowest BCUT2D eigenvalue weighted by molar-refractivity contribution is 0.584. The molecule has 1 nitrogen and oxygen atoms in total. The molecule has 0 aromatic rings. The zero-order valence-electron chi connectivity index (χ0n) is 11.6. The van der Waals surface area contributed by atoms with Gasteiger partial charge in [-0.05, 0) is 51.5 Å². The van der Waals surface area contributed by atoms with E-state index in [2.05, 4.69) is 46.0 Å². The Labute approximate surface area is 101 Å². The fourth-order valence-corrected chi connectivity index (χ4v) is 1.64. The van der Waals surface area contributed by atoms with Crippen molar-refractivity contribution in [2.75, 3.05) is 0 Å². The molecule has 0 heterocycles. The van der Waals surface area contributed by atoms with Crippen molar-refractivity contribution in [1.29, 1.82) is 0 Å². The number of hydrogen-bond donors (Lipinski definition) is 1. The third-order valence-electron chi connectivity index (χ3n) is 3.67. The van der Waals surface area contributed by atoms with Crippen molar-refractivity contribution in [3.63, 3.8) is 0 Å². The first-order valence-corrected chi connectivity index (χ1v) is 6.72. The summed E-state index contributed by atoms with van der Waals surface area (Å²) >= 11 is 0. The molecular formula is C15H27N. The monoisotopic (exact) mass is 221 g/mol. The first-order valence-electron chi connectivity index (χ1n) is 6.72. The van der Waals surface area contributed by atoms with Gasteiger partial charge in [-0.25, -0.2) is 0 Å². The summed E-state index contributed by atoms with van der Waals surface area (Å²) in [7, 11) is 0. The fraction of sp³-hybridized carbons (Fsp3) is 0.733. The van der Waals surface area contributed by atoms with Gasteiger partial charge in [-0.3, -0.25) is 0 Å². The fourth-order valence-electron chi connectivity index (χ4n) is 1.64. The van der Waals surface area contributed by atoms with Crippen LogP contribution in [0.15, 0.2) is 22.9 Å². The van der Waals surface area contributed by atoms with Gasteiger partial charge in [0, 0.05) is 11.7 Å². The summed E-state index contributed by atoms with van der Waals surface area (Å²) in [5.74, 6) is 0.653. The van der Waals surface area contributed by atoms with E-state index < -0.39 is 0 Å². The minimum Gasteiger partial charge on any atom is -0.385 e. The summed E-state index contributed by atoms with van der Waals surface area (Å²) in [6, 6.07) is 0.759. The molecule has 0 radical (unpaired) electrons. The molecule has 1 heteroatoms. The zero-order chi connectivity index (χ0) is 12.1. The molecule has 1 saturated carbocycles. The molecule has 92 valence electrons. The van der Waals surface area contributed by atoms with Crippen LogP contribution in [0.25, 0.3) is 0 Å². The van der Waals surface area contributed by atoms with Gasteiger partial charge in [0.1, 0.15) is 0 Å². The molecule has 1 fully saturated rings. The van der Waals surface area contributed by atoms with Gasteiger partial charge in [0.2, 0.25) is 0 Å². The third-order valence-corrected chi connectivity index (χ3v) is 3.67. The highest BCUT2D eigenvalue weighted by Crippen LogP contribution is 2.24. The summed E-state index contributed by atoms with van der Waals surface area (Å²) in [5, 5.41) is 3.68. The second-order valence-electron chi connectivity index (χ2n) is 5.14. The van der Waals surface area contributed by atoms with Gasteiger partial charge in [0.05, 0.1) is 0 Å². The number of rotatable bonds is 6. The van der Waals surface area contributed by atoms with E-state index in [9.17, 15) is 0 Å². The molecule has 1 rings (SSSR count). The molecule has 1 N–H and O–H groups in total. The van der Waals surface area contributed by atoms with Crippen molar-refractivity contribution < 1.29 is 0 Å². The van der Waals surface area contributed by atoms with Gasteiger partial charge in [0.25, 0.3) is 0 Å². The average Bonchev–Trinajstić information content (AvgIpc) is 3.09. The predicted octanol–water partition coefficient (Wildman–Crippen LogP) is 4.41. The molecule has 0 bridgehead atoms. The van der Waals surface area contributed by atoms with Crippen LogP contribution in [0, 0.1) is 5.92 Å². The second kappa shape index (κ2) is 6.12. The van der Waals surface area contributed by atoms with Crippen molar-refractivity contribution in [1.82, 2.24) is 5.32 Å². The molecule has 0 aromatic carbocycles. The Balaban J connectivity index is 2.76. The maximum absolute atomic E-state index is 3.68. The lowest BCUT2D eigenvalue weighted by Crippen LogP contribution is -2.20. The minimum absolute atomic E-state index is 0.653. The van der Waals surface area contributed by atoms with Crippen LogP contribution in [-0.4, -0.2) is 6.04 Å². The van der Waals surface area contributed by atoms with Gasteiger partial charge in [0.15, 0.2) is 0 Å². The number of allylic oxidation sites excluding steroid dienone is 4. The highest BCUT2D eigenvalue weighted by molar-refractivity contribution is 5.27. The smallest absolute Gasteiger partial charge is 0.0259 e. The van der Waals surface area contributed by atoms with E-state index in [1.54, 1.807) is 0 Å².